The third-order valence-corrected chi connectivity index (χ3v) is 3.16. The van der Waals surface area contributed by atoms with Gasteiger partial charge < -0.3 is 10.0 Å². The van der Waals surface area contributed by atoms with Gasteiger partial charge in [0, 0.05) is 19.1 Å². The van der Waals surface area contributed by atoms with Gasteiger partial charge in [-0.05, 0) is 39.8 Å². The summed E-state index contributed by atoms with van der Waals surface area (Å²) in [6, 6.07) is 0.568. The second kappa shape index (κ2) is 5.47. The molecule has 1 atom stereocenters. The largest absolute Gasteiger partial charge is 0.480 e. The van der Waals surface area contributed by atoms with E-state index in [1.165, 1.54) is 0 Å². The Balaban J connectivity index is 2.27. The van der Waals surface area contributed by atoms with Crippen LogP contribution >= 0.6 is 0 Å². The first-order valence-corrected chi connectivity index (χ1v) is 5.63. The van der Waals surface area contributed by atoms with Gasteiger partial charge in [-0.3, -0.25) is 9.69 Å². The fourth-order valence-corrected chi connectivity index (χ4v) is 2.01. The highest BCUT2D eigenvalue weighted by atomic mass is 16.4. The van der Waals surface area contributed by atoms with Gasteiger partial charge in [-0.2, -0.15) is 0 Å². The van der Waals surface area contributed by atoms with Crippen molar-refractivity contribution in [3.05, 3.63) is 0 Å². The number of likely N-dealkylation sites (tertiary alicyclic amines) is 1. The minimum Gasteiger partial charge on any atom is -0.480 e. The standard InChI is InChI=1S/C11H22N2O2/c1-9(2)12(3)6-10-4-5-13(7-10)8-11(14)15/h9-10H,4-8H2,1-3H3,(H,14,15)/t10-/m0/s1. The van der Waals surface area contributed by atoms with E-state index in [0.29, 0.717) is 12.0 Å². The van der Waals surface area contributed by atoms with Crippen molar-refractivity contribution in [3.63, 3.8) is 0 Å². The smallest absolute Gasteiger partial charge is 0.317 e. The van der Waals surface area contributed by atoms with E-state index >= 15 is 0 Å². The summed E-state index contributed by atoms with van der Waals surface area (Å²) < 4.78 is 0. The third kappa shape index (κ3) is 4.18. The lowest BCUT2D eigenvalue weighted by molar-refractivity contribution is -0.138. The highest BCUT2D eigenvalue weighted by Gasteiger charge is 2.25. The van der Waals surface area contributed by atoms with Crippen LogP contribution in [0.25, 0.3) is 0 Å². The first-order valence-electron chi connectivity index (χ1n) is 5.63. The molecular weight excluding hydrogens is 192 g/mol. The summed E-state index contributed by atoms with van der Waals surface area (Å²) in [5.41, 5.74) is 0. The Morgan fingerprint density at radius 2 is 2.27 bits per heavy atom. The van der Waals surface area contributed by atoms with Gasteiger partial charge in [0.05, 0.1) is 6.54 Å². The van der Waals surface area contributed by atoms with E-state index in [1.807, 2.05) is 4.90 Å². The molecule has 1 rings (SSSR count). The fourth-order valence-electron chi connectivity index (χ4n) is 2.01. The van der Waals surface area contributed by atoms with Crippen LogP contribution in [0.4, 0.5) is 0 Å². The van der Waals surface area contributed by atoms with Gasteiger partial charge in [0.15, 0.2) is 0 Å². The molecule has 1 heterocycles. The Kier molecular flexibility index (Phi) is 4.54. The number of aliphatic carboxylic acids is 1. The Labute approximate surface area is 91.9 Å². The zero-order chi connectivity index (χ0) is 11.4. The quantitative estimate of drug-likeness (QED) is 0.733. The van der Waals surface area contributed by atoms with Crippen molar-refractivity contribution in [3.8, 4) is 0 Å². The molecule has 0 aromatic carbocycles. The molecule has 15 heavy (non-hydrogen) atoms. The first kappa shape index (κ1) is 12.5. The fraction of sp³-hybridized carbons (Fsp3) is 0.909. The molecule has 1 saturated heterocycles. The summed E-state index contributed by atoms with van der Waals surface area (Å²) in [6.07, 6.45) is 1.13. The van der Waals surface area contributed by atoms with E-state index in [0.717, 1.165) is 26.1 Å². The minimum absolute atomic E-state index is 0.196. The van der Waals surface area contributed by atoms with Gasteiger partial charge in [0.25, 0.3) is 0 Å². The van der Waals surface area contributed by atoms with Crippen molar-refractivity contribution in [2.24, 2.45) is 5.92 Å². The number of rotatable bonds is 5. The summed E-state index contributed by atoms with van der Waals surface area (Å²) >= 11 is 0. The van der Waals surface area contributed by atoms with Crippen molar-refractivity contribution < 1.29 is 9.90 Å². The molecule has 1 aliphatic heterocycles. The molecule has 4 nitrogen and oxygen atoms in total. The van der Waals surface area contributed by atoms with E-state index in [-0.39, 0.29) is 6.54 Å². The first-order chi connectivity index (χ1) is 6.99. The van der Waals surface area contributed by atoms with Crippen LogP contribution < -0.4 is 0 Å². The number of carboxylic acids is 1. The molecule has 0 bridgehead atoms. The highest BCUT2D eigenvalue weighted by molar-refractivity contribution is 5.69. The van der Waals surface area contributed by atoms with Crippen LogP contribution in [0.5, 0.6) is 0 Å². The van der Waals surface area contributed by atoms with Gasteiger partial charge in [-0.15, -0.1) is 0 Å². The molecule has 0 aliphatic carbocycles. The monoisotopic (exact) mass is 214 g/mol. The van der Waals surface area contributed by atoms with E-state index < -0.39 is 5.97 Å². The van der Waals surface area contributed by atoms with Gasteiger partial charge >= 0.3 is 5.97 Å². The van der Waals surface area contributed by atoms with Crippen molar-refractivity contribution in [1.29, 1.82) is 0 Å². The third-order valence-electron chi connectivity index (χ3n) is 3.16. The molecule has 0 saturated carbocycles. The van der Waals surface area contributed by atoms with Crippen LogP contribution in [0.3, 0.4) is 0 Å². The summed E-state index contributed by atoms with van der Waals surface area (Å²) in [7, 11) is 2.13. The van der Waals surface area contributed by atoms with E-state index in [2.05, 4.69) is 25.8 Å². The van der Waals surface area contributed by atoms with Crippen LogP contribution in [0, 0.1) is 5.92 Å². The highest BCUT2D eigenvalue weighted by Crippen LogP contribution is 2.17. The molecule has 1 aliphatic rings. The summed E-state index contributed by atoms with van der Waals surface area (Å²) in [5, 5.41) is 8.68. The lowest BCUT2D eigenvalue weighted by atomic mass is 10.1. The summed E-state index contributed by atoms with van der Waals surface area (Å²) in [6.45, 7) is 7.51. The molecule has 0 radical (unpaired) electrons. The van der Waals surface area contributed by atoms with Crippen LogP contribution in [0.15, 0.2) is 0 Å². The Morgan fingerprint density at radius 3 is 2.80 bits per heavy atom. The lowest BCUT2D eigenvalue weighted by Gasteiger charge is -2.24. The maximum absolute atomic E-state index is 10.5. The number of nitrogens with zero attached hydrogens (tertiary/aromatic N) is 2. The average Bonchev–Trinajstić information content (AvgIpc) is 2.51. The molecular formula is C11H22N2O2. The van der Waals surface area contributed by atoms with Crippen molar-refractivity contribution in [1.82, 2.24) is 9.80 Å². The molecule has 0 unspecified atom stereocenters. The van der Waals surface area contributed by atoms with E-state index in [4.69, 9.17) is 5.11 Å². The Bertz CT molecular complexity index is 219. The Hall–Kier alpha value is -0.610. The zero-order valence-corrected chi connectivity index (χ0v) is 9.94. The molecule has 0 aromatic heterocycles. The van der Waals surface area contributed by atoms with E-state index in [9.17, 15) is 4.79 Å². The molecule has 0 aromatic rings. The van der Waals surface area contributed by atoms with Crippen molar-refractivity contribution >= 4 is 5.97 Å². The predicted molar refractivity (Wildman–Crippen MR) is 59.9 cm³/mol. The molecule has 1 fully saturated rings. The van der Waals surface area contributed by atoms with Crippen LogP contribution in [0.1, 0.15) is 20.3 Å². The van der Waals surface area contributed by atoms with Crippen LogP contribution in [-0.4, -0.2) is 60.1 Å². The molecule has 88 valence electrons. The summed E-state index contributed by atoms with van der Waals surface area (Å²) in [5.74, 6) is -0.0791. The van der Waals surface area contributed by atoms with E-state index in [1.54, 1.807) is 0 Å². The normalized spacial score (nSPS) is 22.9. The molecule has 0 amide bonds. The van der Waals surface area contributed by atoms with Crippen LogP contribution in [0.2, 0.25) is 0 Å². The second-order valence-corrected chi connectivity index (χ2v) is 4.82. The lowest BCUT2D eigenvalue weighted by Crippen LogP contribution is -2.33. The van der Waals surface area contributed by atoms with Crippen molar-refractivity contribution in [2.45, 2.75) is 26.3 Å². The molecule has 0 spiro atoms. The molecule has 4 heteroatoms. The number of hydrogen-bond acceptors (Lipinski definition) is 3. The SMILES string of the molecule is CC(C)N(C)C[C@@H]1CCN(CC(=O)O)C1. The van der Waals surface area contributed by atoms with Gasteiger partial charge in [0.1, 0.15) is 0 Å². The van der Waals surface area contributed by atoms with Crippen LogP contribution in [-0.2, 0) is 4.79 Å². The molecule has 1 N–H and O–H groups in total. The number of carboxylic acid groups (broad SMARTS) is 1. The van der Waals surface area contributed by atoms with Gasteiger partial charge in [-0.25, -0.2) is 0 Å². The maximum atomic E-state index is 10.5. The zero-order valence-electron chi connectivity index (χ0n) is 9.94. The minimum atomic E-state index is -0.715. The number of carbonyl (C=O) groups is 1. The van der Waals surface area contributed by atoms with Crippen molar-refractivity contribution in [2.75, 3.05) is 33.2 Å². The Morgan fingerprint density at radius 1 is 1.60 bits per heavy atom. The topological polar surface area (TPSA) is 43.8 Å². The van der Waals surface area contributed by atoms with Gasteiger partial charge in [-0.1, -0.05) is 0 Å². The number of hydrogen-bond donors (Lipinski definition) is 1. The second-order valence-electron chi connectivity index (χ2n) is 4.82. The van der Waals surface area contributed by atoms with Gasteiger partial charge in [0.2, 0.25) is 0 Å². The average molecular weight is 214 g/mol. The predicted octanol–water partition coefficient (Wildman–Crippen LogP) is 0.733. The maximum Gasteiger partial charge on any atom is 0.317 e. The summed E-state index contributed by atoms with van der Waals surface area (Å²) in [4.78, 5) is 14.9.